The molecule has 1 rings (SSSR count). The third kappa shape index (κ3) is 3.29. The molecule has 82 valence electrons. The smallest absolute Gasteiger partial charge is 0.220 e. The van der Waals surface area contributed by atoms with Crippen LogP contribution < -0.4 is 11.1 Å². The Kier molecular flexibility index (Phi) is 4.39. The van der Waals surface area contributed by atoms with Gasteiger partial charge in [-0.2, -0.15) is 0 Å². The highest BCUT2D eigenvalue weighted by molar-refractivity contribution is 5.76. The topological polar surface area (TPSA) is 55.1 Å². The van der Waals surface area contributed by atoms with E-state index in [1.165, 1.54) is 0 Å². The van der Waals surface area contributed by atoms with Crippen molar-refractivity contribution < 1.29 is 4.79 Å². The Morgan fingerprint density at radius 1 is 1.43 bits per heavy atom. The lowest BCUT2D eigenvalue weighted by Crippen LogP contribution is -2.40. The number of hydrogen-bond donors (Lipinski definition) is 2. The van der Waals surface area contributed by atoms with Crippen molar-refractivity contribution in [2.75, 3.05) is 0 Å². The second-order valence-electron chi connectivity index (χ2n) is 4.43. The first-order chi connectivity index (χ1) is 6.63. The zero-order chi connectivity index (χ0) is 10.6. The molecule has 0 aromatic heterocycles. The molecule has 14 heavy (non-hydrogen) atoms. The van der Waals surface area contributed by atoms with Crippen molar-refractivity contribution in [1.29, 1.82) is 0 Å². The summed E-state index contributed by atoms with van der Waals surface area (Å²) in [4.78, 5) is 10.9. The summed E-state index contributed by atoms with van der Waals surface area (Å²) >= 11 is 0. The van der Waals surface area contributed by atoms with Crippen LogP contribution >= 0.6 is 0 Å². The van der Waals surface area contributed by atoms with Crippen LogP contribution in [0.2, 0.25) is 0 Å². The van der Waals surface area contributed by atoms with Gasteiger partial charge in [0.2, 0.25) is 5.91 Å². The third-order valence-corrected chi connectivity index (χ3v) is 3.26. The molecule has 1 saturated carbocycles. The molecule has 1 aliphatic carbocycles. The average molecular weight is 198 g/mol. The minimum absolute atomic E-state index is 0.119. The van der Waals surface area contributed by atoms with Gasteiger partial charge in [-0.25, -0.2) is 0 Å². The summed E-state index contributed by atoms with van der Waals surface area (Å²) < 4.78 is 0. The Hall–Kier alpha value is -0.570. The van der Waals surface area contributed by atoms with Crippen molar-refractivity contribution in [3.63, 3.8) is 0 Å². The fourth-order valence-corrected chi connectivity index (χ4v) is 2.06. The Labute approximate surface area is 86.4 Å². The van der Waals surface area contributed by atoms with Crippen LogP contribution in [0.1, 0.15) is 46.0 Å². The number of hydrogen-bond acceptors (Lipinski definition) is 2. The van der Waals surface area contributed by atoms with Crippen molar-refractivity contribution in [1.82, 2.24) is 5.32 Å². The largest absolute Gasteiger partial charge is 0.369 e. The lowest BCUT2D eigenvalue weighted by molar-refractivity contribution is -0.122. The van der Waals surface area contributed by atoms with Crippen LogP contribution in [0, 0.1) is 5.92 Å². The lowest BCUT2D eigenvalue weighted by Gasteiger charge is -2.29. The molecule has 0 aromatic rings. The van der Waals surface area contributed by atoms with Crippen molar-refractivity contribution in [2.24, 2.45) is 11.7 Å². The SMILES string of the molecule is CCC(C)NC1CCC(C(N)=O)CC1. The van der Waals surface area contributed by atoms with E-state index >= 15 is 0 Å². The molecule has 1 unspecified atom stereocenters. The molecule has 0 radical (unpaired) electrons. The van der Waals surface area contributed by atoms with Gasteiger partial charge in [0.15, 0.2) is 0 Å². The van der Waals surface area contributed by atoms with Gasteiger partial charge >= 0.3 is 0 Å². The van der Waals surface area contributed by atoms with Crippen LogP contribution in [0.25, 0.3) is 0 Å². The predicted octanol–water partition coefficient (Wildman–Crippen LogP) is 1.42. The summed E-state index contributed by atoms with van der Waals surface area (Å²) in [6.45, 7) is 4.40. The Bertz CT molecular complexity index is 186. The zero-order valence-corrected chi connectivity index (χ0v) is 9.25. The number of carbonyl (C=O) groups is 1. The summed E-state index contributed by atoms with van der Waals surface area (Å²) in [5.41, 5.74) is 5.28. The van der Waals surface area contributed by atoms with Gasteiger partial charge in [-0.1, -0.05) is 6.92 Å². The summed E-state index contributed by atoms with van der Waals surface area (Å²) in [5.74, 6) is 0.0111. The first kappa shape index (κ1) is 11.5. The first-order valence-electron chi connectivity index (χ1n) is 5.68. The van der Waals surface area contributed by atoms with Crippen LogP contribution in [-0.2, 0) is 4.79 Å². The molecular formula is C11H22N2O. The molecule has 1 aliphatic rings. The zero-order valence-electron chi connectivity index (χ0n) is 9.25. The van der Waals surface area contributed by atoms with Crippen LogP contribution in [0.4, 0.5) is 0 Å². The normalized spacial score (nSPS) is 29.9. The van der Waals surface area contributed by atoms with E-state index in [-0.39, 0.29) is 11.8 Å². The van der Waals surface area contributed by atoms with Gasteiger partial charge < -0.3 is 11.1 Å². The summed E-state index contributed by atoms with van der Waals surface area (Å²) in [7, 11) is 0. The quantitative estimate of drug-likeness (QED) is 0.717. The maximum Gasteiger partial charge on any atom is 0.220 e. The Balaban J connectivity index is 2.25. The van der Waals surface area contributed by atoms with E-state index in [4.69, 9.17) is 5.73 Å². The fourth-order valence-electron chi connectivity index (χ4n) is 2.06. The fraction of sp³-hybridized carbons (Fsp3) is 0.909. The Morgan fingerprint density at radius 3 is 2.43 bits per heavy atom. The standard InChI is InChI=1S/C11H22N2O/c1-3-8(2)13-10-6-4-9(5-7-10)11(12)14/h8-10,13H,3-7H2,1-2H3,(H2,12,14). The number of carbonyl (C=O) groups excluding carboxylic acids is 1. The van der Waals surface area contributed by atoms with Crippen LogP contribution in [0.15, 0.2) is 0 Å². The van der Waals surface area contributed by atoms with E-state index in [1.54, 1.807) is 0 Å². The highest BCUT2D eigenvalue weighted by atomic mass is 16.1. The molecule has 0 heterocycles. The number of nitrogens with one attached hydrogen (secondary N) is 1. The summed E-state index contributed by atoms with van der Waals surface area (Å²) in [6, 6.07) is 1.19. The van der Waals surface area contributed by atoms with Gasteiger partial charge in [-0.05, 0) is 39.0 Å². The van der Waals surface area contributed by atoms with E-state index in [2.05, 4.69) is 19.2 Å². The van der Waals surface area contributed by atoms with Crippen LogP contribution in [0.3, 0.4) is 0 Å². The molecule has 0 saturated heterocycles. The minimum Gasteiger partial charge on any atom is -0.369 e. The molecule has 3 N–H and O–H groups in total. The molecule has 3 nitrogen and oxygen atoms in total. The van der Waals surface area contributed by atoms with Crippen molar-refractivity contribution in [2.45, 2.75) is 58.0 Å². The molecule has 1 atom stereocenters. The molecule has 3 heteroatoms. The molecule has 1 fully saturated rings. The van der Waals surface area contributed by atoms with Crippen molar-refractivity contribution in [3.05, 3.63) is 0 Å². The van der Waals surface area contributed by atoms with Gasteiger partial charge in [0, 0.05) is 18.0 Å². The van der Waals surface area contributed by atoms with E-state index in [0.29, 0.717) is 12.1 Å². The summed E-state index contributed by atoms with van der Waals surface area (Å²) in [6.07, 6.45) is 5.28. The van der Waals surface area contributed by atoms with Crippen LogP contribution in [-0.4, -0.2) is 18.0 Å². The molecule has 1 amide bonds. The minimum atomic E-state index is -0.119. The molecule has 0 bridgehead atoms. The number of primary amides is 1. The molecule has 0 aliphatic heterocycles. The maximum atomic E-state index is 10.9. The Morgan fingerprint density at radius 2 is 2.00 bits per heavy atom. The number of amides is 1. The highest BCUT2D eigenvalue weighted by Crippen LogP contribution is 2.24. The molecule has 0 spiro atoms. The van der Waals surface area contributed by atoms with E-state index < -0.39 is 0 Å². The van der Waals surface area contributed by atoms with E-state index in [9.17, 15) is 4.79 Å². The highest BCUT2D eigenvalue weighted by Gasteiger charge is 2.24. The van der Waals surface area contributed by atoms with Gasteiger partial charge in [-0.3, -0.25) is 4.79 Å². The van der Waals surface area contributed by atoms with E-state index in [0.717, 1.165) is 32.1 Å². The van der Waals surface area contributed by atoms with E-state index in [1.807, 2.05) is 0 Å². The van der Waals surface area contributed by atoms with Gasteiger partial charge in [0.1, 0.15) is 0 Å². The lowest BCUT2D eigenvalue weighted by atomic mass is 9.85. The number of rotatable bonds is 4. The predicted molar refractivity (Wildman–Crippen MR) is 57.8 cm³/mol. The molecule has 0 aromatic carbocycles. The first-order valence-corrected chi connectivity index (χ1v) is 5.68. The van der Waals surface area contributed by atoms with Gasteiger partial charge in [0.05, 0.1) is 0 Å². The monoisotopic (exact) mass is 198 g/mol. The van der Waals surface area contributed by atoms with Crippen molar-refractivity contribution in [3.8, 4) is 0 Å². The molecular weight excluding hydrogens is 176 g/mol. The summed E-state index contributed by atoms with van der Waals surface area (Å²) in [5, 5.41) is 3.58. The second kappa shape index (κ2) is 5.35. The van der Waals surface area contributed by atoms with Gasteiger partial charge in [0.25, 0.3) is 0 Å². The maximum absolute atomic E-state index is 10.9. The van der Waals surface area contributed by atoms with Crippen molar-refractivity contribution >= 4 is 5.91 Å². The average Bonchev–Trinajstić information content (AvgIpc) is 2.18. The second-order valence-corrected chi connectivity index (χ2v) is 4.43. The third-order valence-electron chi connectivity index (χ3n) is 3.26. The van der Waals surface area contributed by atoms with Gasteiger partial charge in [-0.15, -0.1) is 0 Å². The number of nitrogens with two attached hydrogens (primary N) is 1. The van der Waals surface area contributed by atoms with Crippen LogP contribution in [0.5, 0.6) is 0 Å².